The molecule has 1 unspecified atom stereocenters. The van der Waals surface area contributed by atoms with Gasteiger partial charge < -0.3 is 10.6 Å². The van der Waals surface area contributed by atoms with Crippen molar-refractivity contribution in [2.24, 2.45) is 5.41 Å². The van der Waals surface area contributed by atoms with E-state index in [1.165, 1.54) is 0 Å². The lowest BCUT2D eigenvalue weighted by molar-refractivity contribution is -0.124. The number of aryl methyl sites for hydroxylation is 2. The Morgan fingerprint density at radius 3 is 2.82 bits per heavy atom. The molecule has 1 amide bonds. The average Bonchev–Trinajstić information content (AvgIpc) is 2.88. The highest BCUT2D eigenvalue weighted by molar-refractivity contribution is 7.15. The lowest BCUT2D eigenvalue weighted by atomic mass is 9.83. The van der Waals surface area contributed by atoms with Gasteiger partial charge in [0.05, 0.1) is 11.1 Å². The van der Waals surface area contributed by atoms with Gasteiger partial charge in [0.15, 0.2) is 5.13 Å². The van der Waals surface area contributed by atoms with E-state index in [9.17, 15) is 4.79 Å². The van der Waals surface area contributed by atoms with Crippen LogP contribution in [0.5, 0.6) is 0 Å². The summed E-state index contributed by atoms with van der Waals surface area (Å²) in [5.41, 5.74) is 0.758. The van der Waals surface area contributed by atoms with Gasteiger partial charge in [0, 0.05) is 11.4 Å². The third kappa shape index (κ3) is 2.35. The summed E-state index contributed by atoms with van der Waals surface area (Å²) in [6, 6.07) is 0. The molecule has 0 bridgehead atoms. The fraction of sp³-hybridized carbons (Fsp3) is 0.667. The van der Waals surface area contributed by atoms with Crippen molar-refractivity contribution < 1.29 is 4.79 Å². The molecule has 0 aliphatic carbocycles. The number of rotatable bonds is 3. The van der Waals surface area contributed by atoms with Gasteiger partial charge in [-0.25, -0.2) is 4.98 Å². The monoisotopic (exact) mass is 253 g/mol. The molecule has 0 aromatic carbocycles. The molecule has 0 saturated carbocycles. The van der Waals surface area contributed by atoms with Gasteiger partial charge in [-0.1, -0.05) is 6.92 Å². The van der Waals surface area contributed by atoms with Crippen molar-refractivity contribution in [2.45, 2.75) is 33.6 Å². The van der Waals surface area contributed by atoms with Gasteiger partial charge in [0.25, 0.3) is 0 Å². The van der Waals surface area contributed by atoms with Crippen molar-refractivity contribution in [2.75, 3.05) is 18.4 Å². The molecule has 2 heterocycles. The van der Waals surface area contributed by atoms with Crippen LogP contribution in [0.15, 0.2) is 0 Å². The Labute approximate surface area is 106 Å². The van der Waals surface area contributed by atoms with Crippen LogP contribution in [0.3, 0.4) is 0 Å². The molecule has 4 nitrogen and oxygen atoms in total. The van der Waals surface area contributed by atoms with Crippen molar-refractivity contribution in [3.8, 4) is 0 Å². The fourth-order valence-electron chi connectivity index (χ4n) is 2.16. The number of carbonyl (C=O) groups excluding carboxylic acids is 1. The van der Waals surface area contributed by atoms with Crippen LogP contribution < -0.4 is 10.6 Å². The average molecular weight is 253 g/mol. The number of amides is 1. The molecular weight excluding hydrogens is 234 g/mol. The van der Waals surface area contributed by atoms with E-state index in [2.05, 4.69) is 22.5 Å². The molecule has 1 aromatic heterocycles. The summed E-state index contributed by atoms with van der Waals surface area (Å²) in [5.74, 6) is 0.110. The summed E-state index contributed by atoms with van der Waals surface area (Å²) in [5, 5.41) is 6.96. The minimum Gasteiger partial charge on any atom is -0.316 e. The standard InChI is InChI=1S/C12H19N3OS/c1-4-12(5-6-13-7-12)10(16)15-11-14-8(2)9(3)17-11/h13H,4-7H2,1-3H3,(H,14,15,16). The number of hydrogen-bond acceptors (Lipinski definition) is 4. The summed E-state index contributed by atoms with van der Waals surface area (Å²) >= 11 is 1.55. The molecular formula is C12H19N3OS. The molecule has 1 aliphatic rings. The molecule has 1 aromatic rings. The SMILES string of the molecule is CCC1(C(=O)Nc2nc(C)c(C)s2)CCNC1. The molecule has 5 heteroatoms. The van der Waals surface area contributed by atoms with Gasteiger partial charge >= 0.3 is 0 Å². The second-order valence-corrected chi connectivity index (χ2v) is 5.88. The summed E-state index contributed by atoms with van der Waals surface area (Å²) in [6.07, 6.45) is 1.79. The number of carbonyl (C=O) groups is 1. The van der Waals surface area contributed by atoms with Gasteiger partial charge in [0.2, 0.25) is 5.91 Å². The van der Waals surface area contributed by atoms with E-state index in [-0.39, 0.29) is 11.3 Å². The first-order valence-corrected chi connectivity index (χ1v) is 6.85. The molecule has 2 rings (SSSR count). The Bertz CT molecular complexity index is 402. The molecule has 1 atom stereocenters. The highest BCUT2D eigenvalue weighted by Gasteiger charge is 2.39. The quantitative estimate of drug-likeness (QED) is 0.867. The lowest BCUT2D eigenvalue weighted by Crippen LogP contribution is -2.37. The first-order chi connectivity index (χ1) is 8.07. The lowest BCUT2D eigenvalue weighted by Gasteiger charge is -2.24. The van der Waals surface area contributed by atoms with Crippen LogP contribution in [-0.2, 0) is 4.79 Å². The highest BCUT2D eigenvalue weighted by atomic mass is 32.1. The Hall–Kier alpha value is -0.940. The molecule has 17 heavy (non-hydrogen) atoms. The van der Waals surface area contributed by atoms with Crippen LogP contribution >= 0.6 is 11.3 Å². The highest BCUT2D eigenvalue weighted by Crippen LogP contribution is 2.32. The van der Waals surface area contributed by atoms with Crippen molar-refractivity contribution >= 4 is 22.4 Å². The van der Waals surface area contributed by atoms with E-state index in [0.29, 0.717) is 0 Å². The number of nitrogens with one attached hydrogen (secondary N) is 2. The van der Waals surface area contributed by atoms with Crippen LogP contribution in [0.25, 0.3) is 0 Å². The Morgan fingerprint density at radius 1 is 1.59 bits per heavy atom. The number of anilines is 1. The van der Waals surface area contributed by atoms with Gasteiger partial charge in [-0.05, 0) is 33.2 Å². The van der Waals surface area contributed by atoms with E-state index >= 15 is 0 Å². The zero-order chi connectivity index (χ0) is 12.5. The fourth-order valence-corrected chi connectivity index (χ4v) is 2.97. The maximum Gasteiger partial charge on any atom is 0.233 e. The molecule has 94 valence electrons. The summed E-state index contributed by atoms with van der Waals surface area (Å²) < 4.78 is 0. The smallest absolute Gasteiger partial charge is 0.233 e. The van der Waals surface area contributed by atoms with Gasteiger partial charge in [-0.3, -0.25) is 4.79 Å². The number of nitrogens with zero attached hydrogens (tertiary/aromatic N) is 1. The van der Waals surface area contributed by atoms with Gasteiger partial charge in [-0.2, -0.15) is 0 Å². The minimum absolute atomic E-state index is 0.110. The van der Waals surface area contributed by atoms with E-state index in [0.717, 1.165) is 41.6 Å². The van der Waals surface area contributed by atoms with Crippen LogP contribution in [0.2, 0.25) is 0 Å². The first kappa shape index (κ1) is 12.5. The van der Waals surface area contributed by atoms with Gasteiger partial charge in [0.1, 0.15) is 0 Å². The summed E-state index contributed by atoms with van der Waals surface area (Å²) in [4.78, 5) is 17.8. The molecule has 1 aliphatic heterocycles. The van der Waals surface area contributed by atoms with Crippen LogP contribution in [0.4, 0.5) is 5.13 Å². The molecule has 1 saturated heterocycles. The number of aromatic nitrogens is 1. The second kappa shape index (κ2) is 4.74. The molecule has 2 N–H and O–H groups in total. The zero-order valence-corrected chi connectivity index (χ0v) is 11.4. The van der Waals surface area contributed by atoms with Crippen molar-refractivity contribution in [1.29, 1.82) is 0 Å². The minimum atomic E-state index is -0.243. The zero-order valence-electron chi connectivity index (χ0n) is 10.6. The van der Waals surface area contributed by atoms with Crippen LogP contribution in [-0.4, -0.2) is 24.0 Å². The second-order valence-electron chi connectivity index (χ2n) is 4.68. The third-order valence-electron chi connectivity index (χ3n) is 3.65. The summed E-state index contributed by atoms with van der Waals surface area (Å²) in [7, 11) is 0. The van der Waals surface area contributed by atoms with E-state index in [1.807, 2.05) is 13.8 Å². The molecule has 1 fully saturated rings. The first-order valence-electron chi connectivity index (χ1n) is 6.03. The van der Waals surface area contributed by atoms with E-state index in [4.69, 9.17) is 0 Å². The number of thiazole rings is 1. The third-order valence-corrected chi connectivity index (χ3v) is 4.64. The largest absolute Gasteiger partial charge is 0.316 e. The van der Waals surface area contributed by atoms with E-state index in [1.54, 1.807) is 11.3 Å². The van der Waals surface area contributed by atoms with Crippen molar-refractivity contribution in [1.82, 2.24) is 10.3 Å². The van der Waals surface area contributed by atoms with Gasteiger partial charge in [-0.15, -0.1) is 11.3 Å². The molecule has 0 spiro atoms. The summed E-state index contributed by atoms with van der Waals surface area (Å²) in [6.45, 7) is 7.77. The predicted octanol–water partition coefficient (Wildman–Crippen LogP) is 2.09. The maximum atomic E-state index is 12.3. The Morgan fingerprint density at radius 2 is 2.35 bits per heavy atom. The Kier molecular flexibility index (Phi) is 3.49. The van der Waals surface area contributed by atoms with Crippen LogP contribution in [0, 0.1) is 19.3 Å². The molecule has 0 radical (unpaired) electrons. The van der Waals surface area contributed by atoms with Crippen LogP contribution in [0.1, 0.15) is 30.3 Å². The van der Waals surface area contributed by atoms with Crippen molar-refractivity contribution in [3.63, 3.8) is 0 Å². The maximum absolute atomic E-state index is 12.3. The number of hydrogen-bond donors (Lipinski definition) is 2. The predicted molar refractivity (Wildman–Crippen MR) is 70.4 cm³/mol. The normalized spacial score (nSPS) is 23.9. The Balaban J connectivity index is 2.10. The van der Waals surface area contributed by atoms with Crippen molar-refractivity contribution in [3.05, 3.63) is 10.6 Å². The topological polar surface area (TPSA) is 54.0 Å². The van der Waals surface area contributed by atoms with E-state index < -0.39 is 0 Å².